The number of hydrogen-bond acceptors (Lipinski definition) is 2. The molecule has 0 saturated heterocycles. The summed E-state index contributed by atoms with van der Waals surface area (Å²) in [5.74, 6) is 0.845. The van der Waals surface area contributed by atoms with Crippen LogP contribution < -0.4 is 5.32 Å². The Hall–Kier alpha value is -0.600. The number of nitrogens with zero attached hydrogens (tertiary/aromatic N) is 1. The first-order chi connectivity index (χ1) is 7.68. The summed E-state index contributed by atoms with van der Waals surface area (Å²) < 4.78 is 0. The maximum atomic E-state index is 6.08. The molecule has 0 radical (unpaired) electrons. The summed E-state index contributed by atoms with van der Waals surface area (Å²) in [5, 5.41) is 4.23. The minimum atomic E-state index is 0.275. The average Bonchev–Trinajstić information content (AvgIpc) is 2.15. The monoisotopic (exact) mass is 238 g/mol. The first-order valence-electron chi connectivity index (χ1n) is 6.05. The molecule has 1 aliphatic carbocycles. The topological polar surface area (TPSA) is 24.9 Å². The molecule has 2 unspecified atom stereocenters. The number of aromatic nitrogens is 1. The van der Waals surface area contributed by atoms with Gasteiger partial charge in [0.25, 0.3) is 0 Å². The van der Waals surface area contributed by atoms with Crippen molar-refractivity contribution >= 4 is 11.6 Å². The zero-order valence-corrected chi connectivity index (χ0v) is 10.7. The first kappa shape index (κ1) is 11.9. The van der Waals surface area contributed by atoms with Crippen molar-refractivity contribution in [3.8, 4) is 0 Å². The van der Waals surface area contributed by atoms with Gasteiger partial charge in [0.15, 0.2) is 0 Å². The SMILES string of the molecule is CC(NC(C)C1CCC1)c1cccnc1Cl. The van der Waals surface area contributed by atoms with E-state index in [-0.39, 0.29) is 6.04 Å². The summed E-state index contributed by atoms with van der Waals surface area (Å²) in [7, 11) is 0. The van der Waals surface area contributed by atoms with E-state index in [0.29, 0.717) is 11.2 Å². The fraction of sp³-hybridized carbons (Fsp3) is 0.615. The highest BCUT2D eigenvalue weighted by atomic mass is 35.5. The molecule has 0 amide bonds. The largest absolute Gasteiger partial charge is 0.307 e. The zero-order chi connectivity index (χ0) is 11.5. The lowest BCUT2D eigenvalue weighted by Gasteiger charge is -2.34. The zero-order valence-electron chi connectivity index (χ0n) is 9.91. The third kappa shape index (κ3) is 2.55. The number of hydrogen-bond donors (Lipinski definition) is 1. The van der Waals surface area contributed by atoms with Crippen LogP contribution in [0.2, 0.25) is 5.15 Å². The van der Waals surface area contributed by atoms with Crippen LogP contribution in [0.15, 0.2) is 18.3 Å². The van der Waals surface area contributed by atoms with Gasteiger partial charge in [-0.2, -0.15) is 0 Å². The van der Waals surface area contributed by atoms with Gasteiger partial charge >= 0.3 is 0 Å². The summed E-state index contributed by atoms with van der Waals surface area (Å²) in [6.45, 7) is 4.42. The highest BCUT2D eigenvalue weighted by Gasteiger charge is 2.25. The molecule has 1 aromatic rings. The van der Waals surface area contributed by atoms with Crippen LogP contribution in [0.3, 0.4) is 0 Å². The third-order valence-electron chi connectivity index (χ3n) is 3.62. The lowest BCUT2D eigenvalue weighted by molar-refractivity contribution is 0.229. The fourth-order valence-electron chi connectivity index (χ4n) is 2.28. The van der Waals surface area contributed by atoms with Crippen molar-refractivity contribution < 1.29 is 0 Å². The number of rotatable bonds is 4. The van der Waals surface area contributed by atoms with E-state index in [9.17, 15) is 0 Å². The van der Waals surface area contributed by atoms with E-state index in [1.165, 1.54) is 19.3 Å². The van der Waals surface area contributed by atoms with Gasteiger partial charge in [0.2, 0.25) is 0 Å². The van der Waals surface area contributed by atoms with Gasteiger partial charge < -0.3 is 5.32 Å². The van der Waals surface area contributed by atoms with Gasteiger partial charge in [-0.1, -0.05) is 24.1 Å². The molecule has 16 heavy (non-hydrogen) atoms. The Bertz CT molecular complexity index is 350. The predicted octanol–water partition coefficient (Wildman–Crippen LogP) is 3.57. The van der Waals surface area contributed by atoms with Crippen LogP contribution in [0.25, 0.3) is 0 Å². The predicted molar refractivity (Wildman–Crippen MR) is 67.6 cm³/mol. The van der Waals surface area contributed by atoms with Crippen LogP contribution in [0.4, 0.5) is 0 Å². The minimum absolute atomic E-state index is 0.275. The first-order valence-corrected chi connectivity index (χ1v) is 6.42. The van der Waals surface area contributed by atoms with Crippen molar-refractivity contribution in [1.82, 2.24) is 10.3 Å². The lowest BCUT2D eigenvalue weighted by atomic mass is 9.80. The lowest BCUT2D eigenvalue weighted by Crippen LogP contribution is -2.38. The number of pyridine rings is 1. The molecule has 0 bridgehead atoms. The van der Waals surface area contributed by atoms with Crippen molar-refractivity contribution in [3.63, 3.8) is 0 Å². The van der Waals surface area contributed by atoms with Gasteiger partial charge in [0, 0.05) is 23.8 Å². The molecule has 1 aromatic heterocycles. The highest BCUT2D eigenvalue weighted by molar-refractivity contribution is 6.30. The van der Waals surface area contributed by atoms with Crippen molar-refractivity contribution in [2.75, 3.05) is 0 Å². The van der Waals surface area contributed by atoms with Crippen LogP contribution >= 0.6 is 11.6 Å². The van der Waals surface area contributed by atoms with Crippen LogP contribution in [0.5, 0.6) is 0 Å². The molecule has 2 rings (SSSR count). The molecule has 1 fully saturated rings. The summed E-state index contributed by atoms with van der Waals surface area (Å²) in [6, 6.07) is 4.82. The van der Waals surface area contributed by atoms with Crippen LogP contribution in [0.1, 0.15) is 44.7 Å². The molecule has 1 heterocycles. The van der Waals surface area contributed by atoms with Crippen molar-refractivity contribution in [1.29, 1.82) is 0 Å². The number of nitrogens with one attached hydrogen (secondary N) is 1. The minimum Gasteiger partial charge on any atom is -0.307 e. The Labute approximate surface area is 102 Å². The smallest absolute Gasteiger partial charge is 0.133 e. The van der Waals surface area contributed by atoms with Gasteiger partial charge in [-0.3, -0.25) is 0 Å². The average molecular weight is 239 g/mol. The van der Waals surface area contributed by atoms with E-state index in [2.05, 4.69) is 24.1 Å². The normalized spacial score (nSPS) is 20.2. The Morgan fingerprint density at radius 3 is 2.75 bits per heavy atom. The van der Waals surface area contributed by atoms with Crippen molar-refractivity contribution in [3.05, 3.63) is 29.0 Å². The third-order valence-corrected chi connectivity index (χ3v) is 3.94. The summed E-state index contributed by atoms with van der Waals surface area (Å²) in [5.41, 5.74) is 1.09. The van der Waals surface area contributed by atoms with Crippen molar-refractivity contribution in [2.24, 2.45) is 5.92 Å². The van der Waals surface area contributed by atoms with Crippen molar-refractivity contribution in [2.45, 2.75) is 45.2 Å². The van der Waals surface area contributed by atoms with Gasteiger partial charge in [-0.15, -0.1) is 0 Å². The van der Waals surface area contributed by atoms with Gasteiger partial charge in [-0.05, 0) is 38.7 Å². The molecule has 0 aliphatic heterocycles. The standard InChI is InChI=1S/C13H19ClN2/c1-9(11-5-3-6-11)16-10(2)12-7-4-8-15-13(12)14/h4,7-11,16H,3,5-6H2,1-2H3. The van der Waals surface area contributed by atoms with Crippen LogP contribution in [0, 0.1) is 5.92 Å². The molecule has 1 saturated carbocycles. The maximum absolute atomic E-state index is 6.08. The Balaban J connectivity index is 1.96. The summed E-state index contributed by atoms with van der Waals surface area (Å²) in [6.07, 6.45) is 5.84. The molecule has 1 N–H and O–H groups in total. The van der Waals surface area contributed by atoms with E-state index in [1.807, 2.05) is 12.1 Å². The molecule has 2 atom stereocenters. The van der Waals surface area contributed by atoms with E-state index in [4.69, 9.17) is 11.6 Å². The van der Waals surface area contributed by atoms with Gasteiger partial charge in [0.05, 0.1) is 0 Å². The van der Waals surface area contributed by atoms with E-state index >= 15 is 0 Å². The van der Waals surface area contributed by atoms with E-state index in [0.717, 1.165) is 11.5 Å². The molecular weight excluding hydrogens is 220 g/mol. The second kappa shape index (κ2) is 5.15. The highest BCUT2D eigenvalue weighted by Crippen LogP contribution is 2.31. The Morgan fingerprint density at radius 2 is 2.19 bits per heavy atom. The Morgan fingerprint density at radius 1 is 1.44 bits per heavy atom. The fourth-order valence-corrected chi connectivity index (χ4v) is 2.56. The molecule has 2 nitrogen and oxygen atoms in total. The molecule has 1 aliphatic rings. The maximum Gasteiger partial charge on any atom is 0.133 e. The summed E-state index contributed by atoms with van der Waals surface area (Å²) in [4.78, 5) is 4.11. The molecular formula is C13H19ClN2. The van der Waals surface area contributed by atoms with E-state index < -0.39 is 0 Å². The Kier molecular flexibility index (Phi) is 3.82. The molecule has 0 spiro atoms. The second-order valence-electron chi connectivity index (χ2n) is 4.75. The second-order valence-corrected chi connectivity index (χ2v) is 5.11. The van der Waals surface area contributed by atoms with E-state index in [1.54, 1.807) is 6.20 Å². The molecule has 88 valence electrons. The van der Waals surface area contributed by atoms with Crippen LogP contribution in [-0.2, 0) is 0 Å². The summed E-state index contributed by atoms with van der Waals surface area (Å²) >= 11 is 6.08. The van der Waals surface area contributed by atoms with Gasteiger partial charge in [0.1, 0.15) is 5.15 Å². The molecule has 3 heteroatoms. The van der Waals surface area contributed by atoms with Crippen LogP contribution in [-0.4, -0.2) is 11.0 Å². The quantitative estimate of drug-likeness (QED) is 0.812. The molecule has 0 aromatic carbocycles. The van der Waals surface area contributed by atoms with Gasteiger partial charge in [-0.25, -0.2) is 4.98 Å². The number of halogens is 1.